The number of benzene rings is 1. The Morgan fingerprint density at radius 3 is 2.36 bits per heavy atom. The molecule has 0 N–H and O–H groups in total. The monoisotopic (exact) mass is 196 g/mol. The lowest BCUT2D eigenvalue weighted by atomic mass is 9.86. The standard InChI is InChI=1S/C12H17FO/c1-12(2,3)10-6-5-9(8-14-4)11(13)7-10/h5-7H,8H2,1-4H3. The van der Waals surface area contributed by atoms with E-state index in [0.717, 1.165) is 5.56 Å². The summed E-state index contributed by atoms with van der Waals surface area (Å²) in [4.78, 5) is 0. The van der Waals surface area contributed by atoms with Crippen molar-refractivity contribution in [2.24, 2.45) is 0 Å². The van der Waals surface area contributed by atoms with Crippen LogP contribution in [0.5, 0.6) is 0 Å². The van der Waals surface area contributed by atoms with Crippen LogP contribution in [0.2, 0.25) is 0 Å². The molecule has 0 aromatic heterocycles. The Morgan fingerprint density at radius 1 is 1.29 bits per heavy atom. The Bertz CT molecular complexity index is 313. The predicted octanol–water partition coefficient (Wildman–Crippen LogP) is 3.27. The van der Waals surface area contributed by atoms with Crippen LogP contribution in [-0.2, 0) is 16.8 Å². The van der Waals surface area contributed by atoms with Crippen LogP contribution in [0.15, 0.2) is 18.2 Å². The maximum atomic E-state index is 13.5. The van der Waals surface area contributed by atoms with E-state index in [1.807, 2.05) is 6.07 Å². The Morgan fingerprint density at radius 2 is 1.93 bits per heavy atom. The molecule has 0 fully saturated rings. The van der Waals surface area contributed by atoms with Crippen molar-refractivity contribution in [2.45, 2.75) is 32.8 Å². The maximum absolute atomic E-state index is 13.5. The molecule has 0 atom stereocenters. The van der Waals surface area contributed by atoms with Crippen molar-refractivity contribution < 1.29 is 9.13 Å². The SMILES string of the molecule is COCc1ccc(C(C)(C)C)cc1F. The summed E-state index contributed by atoms with van der Waals surface area (Å²) in [6.07, 6.45) is 0. The number of halogens is 1. The van der Waals surface area contributed by atoms with Gasteiger partial charge in [-0.3, -0.25) is 0 Å². The van der Waals surface area contributed by atoms with Gasteiger partial charge < -0.3 is 4.74 Å². The molecule has 0 saturated carbocycles. The molecule has 0 amide bonds. The first-order valence-corrected chi connectivity index (χ1v) is 4.73. The molecule has 0 saturated heterocycles. The van der Waals surface area contributed by atoms with Crippen LogP contribution in [-0.4, -0.2) is 7.11 Å². The average Bonchev–Trinajstić information content (AvgIpc) is 2.07. The molecule has 0 radical (unpaired) electrons. The third kappa shape index (κ3) is 2.55. The topological polar surface area (TPSA) is 9.23 Å². The minimum absolute atomic E-state index is 0.00750. The summed E-state index contributed by atoms with van der Waals surface area (Å²) >= 11 is 0. The van der Waals surface area contributed by atoms with Crippen LogP contribution in [0.25, 0.3) is 0 Å². The third-order valence-corrected chi connectivity index (χ3v) is 2.22. The second-order valence-electron chi connectivity index (χ2n) is 4.49. The second-order valence-corrected chi connectivity index (χ2v) is 4.49. The molecule has 14 heavy (non-hydrogen) atoms. The van der Waals surface area contributed by atoms with E-state index >= 15 is 0 Å². The van der Waals surface area contributed by atoms with E-state index in [1.165, 1.54) is 0 Å². The highest BCUT2D eigenvalue weighted by molar-refractivity contribution is 5.28. The van der Waals surface area contributed by atoms with Crippen molar-refractivity contribution >= 4 is 0 Å². The largest absolute Gasteiger partial charge is 0.380 e. The fraction of sp³-hybridized carbons (Fsp3) is 0.500. The summed E-state index contributed by atoms with van der Waals surface area (Å²) in [6, 6.07) is 5.34. The van der Waals surface area contributed by atoms with Gasteiger partial charge in [-0.2, -0.15) is 0 Å². The lowest BCUT2D eigenvalue weighted by Crippen LogP contribution is -2.11. The van der Waals surface area contributed by atoms with Crippen LogP contribution in [0.1, 0.15) is 31.9 Å². The first kappa shape index (κ1) is 11.2. The van der Waals surface area contributed by atoms with E-state index in [0.29, 0.717) is 12.2 Å². The van der Waals surface area contributed by atoms with Gasteiger partial charge in [-0.05, 0) is 17.0 Å². The third-order valence-electron chi connectivity index (χ3n) is 2.22. The fourth-order valence-corrected chi connectivity index (χ4v) is 1.29. The summed E-state index contributed by atoms with van der Waals surface area (Å²) in [5, 5.41) is 0. The smallest absolute Gasteiger partial charge is 0.129 e. The maximum Gasteiger partial charge on any atom is 0.129 e. The molecule has 0 aliphatic carbocycles. The van der Waals surface area contributed by atoms with Gasteiger partial charge in [-0.1, -0.05) is 32.9 Å². The Hall–Kier alpha value is -0.890. The molecular formula is C12H17FO. The van der Waals surface area contributed by atoms with Gasteiger partial charge in [0.2, 0.25) is 0 Å². The van der Waals surface area contributed by atoms with Crippen molar-refractivity contribution in [2.75, 3.05) is 7.11 Å². The first-order chi connectivity index (χ1) is 6.45. The highest BCUT2D eigenvalue weighted by Gasteiger charge is 2.15. The van der Waals surface area contributed by atoms with Gasteiger partial charge in [-0.25, -0.2) is 4.39 Å². The summed E-state index contributed by atoms with van der Waals surface area (Å²) in [5.41, 5.74) is 1.61. The predicted molar refractivity (Wildman–Crippen MR) is 55.8 cm³/mol. The summed E-state index contributed by atoms with van der Waals surface area (Å²) in [7, 11) is 1.57. The summed E-state index contributed by atoms with van der Waals surface area (Å²) in [5.74, 6) is -0.181. The van der Waals surface area contributed by atoms with E-state index in [-0.39, 0.29) is 11.2 Å². The number of rotatable bonds is 2. The van der Waals surface area contributed by atoms with Crippen LogP contribution in [0.4, 0.5) is 4.39 Å². The van der Waals surface area contributed by atoms with Crippen LogP contribution >= 0.6 is 0 Å². The molecular weight excluding hydrogens is 179 g/mol. The number of hydrogen-bond acceptors (Lipinski definition) is 1. The molecule has 0 unspecified atom stereocenters. The van der Waals surface area contributed by atoms with E-state index in [1.54, 1.807) is 19.2 Å². The van der Waals surface area contributed by atoms with Crippen molar-refractivity contribution in [3.63, 3.8) is 0 Å². The Labute approximate surface area is 84.9 Å². The molecule has 0 aliphatic heterocycles. The Balaban J connectivity index is 3.01. The van der Waals surface area contributed by atoms with E-state index in [4.69, 9.17) is 4.74 Å². The highest BCUT2D eigenvalue weighted by atomic mass is 19.1. The van der Waals surface area contributed by atoms with Crippen LogP contribution < -0.4 is 0 Å². The minimum Gasteiger partial charge on any atom is -0.380 e. The average molecular weight is 196 g/mol. The molecule has 2 heteroatoms. The molecule has 1 aromatic carbocycles. The van der Waals surface area contributed by atoms with Gasteiger partial charge in [0.25, 0.3) is 0 Å². The number of ether oxygens (including phenoxy) is 1. The van der Waals surface area contributed by atoms with Gasteiger partial charge in [0.05, 0.1) is 6.61 Å². The first-order valence-electron chi connectivity index (χ1n) is 4.73. The molecule has 1 rings (SSSR count). The number of hydrogen-bond donors (Lipinski definition) is 0. The molecule has 1 nitrogen and oxygen atoms in total. The quantitative estimate of drug-likeness (QED) is 0.705. The van der Waals surface area contributed by atoms with Crippen LogP contribution in [0.3, 0.4) is 0 Å². The summed E-state index contributed by atoms with van der Waals surface area (Å²) in [6.45, 7) is 6.53. The second kappa shape index (κ2) is 4.09. The molecule has 0 heterocycles. The number of methoxy groups -OCH3 is 1. The minimum atomic E-state index is -0.181. The lowest BCUT2D eigenvalue weighted by Gasteiger charge is -2.19. The Kier molecular flexibility index (Phi) is 3.27. The van der Waals surface area contributed by atoms with Crippen molar-refractivity contribution in [3.05, 3.63) is 35.1 Å². The van der Waals surface area contributed by atoms with Gasteiger partial charge in [0, 0.05) is 12.7 Å². The van der Waals surface area contributed by atoms with Crippen LogP contribution in [0, 0.1) is 5.82 Å². The molecule has 0 aliphatic rings. The van der Waals surface area contributed by atoms with E-state index < -0.39 is 0 Å². The molecule has 0 spiro atoms. The van der Waals surface area contributed by atoms with Crippen molar-refractivity contribution in [1.82, 2.24) is 0 Å². The molecule has 1 aromatic rings. The van der Waals surface area contributed by atoms with E-state index in [2.05, 4.69) is 20.8 Å². The zero-order chi connectivity index (χ0) is 10.8. The van der Waals surface area contributed by atoms with Gasteiger partial charge in [0.15, 0.2) is 0 Å². The molecule has 78 valence electrons. The highest BCUT2D eigenvalue weighted by Crippen LogP contribution is 2.24. The molecule has 0 bridgehead atoms. The zero-order valence-electron chi connectivity index (χ0n) is 9.23. The fourth-order valence-electron chi connectivity index (χ4n) is 1.29. The van der Waals surface area contributed by atoms with Gasteiger partial charge >= 0.3 is 0 Å². The normalized spacial score (nSPS) is 11.8. The van der Waals surface area contributed by atoms with Crippen molar-refractivity contribution in [1.29, 1.82) is 0 Å². The summed E-state index contributed by atoms with van der Waals surface area (Å²) < 4.78 is 18.4. The van der Waals surface area contributed by atoms with Gasteiger partial charge in [0.1, 0.15) is 5.82 Å². The zero-order valence-corrected chi connectivity index (χ0v) is 9.23. The van der Waals surface area contributed by atoms with Gasteiger partial charge in [-0.15, -0.1) is 0 Å². The van der Waals surface area contributed by atoms with E-state index in [9.17, 15) is 4.39 Å². The lowest BCUT2D eigenvalue weighted by molar-refractivity contribution is 0.181. The van der Waals surface area contributed by atoms with Crippen molar-refractivity contribution in [3.8, 4) is 0 Å².